The Labute approximate surface area is 191 Å². The lowest BCUT2D eigenvalue weighted by Gasteiger charge is -2.57. The molecule has 1 aromatic rings. The highest BCUT2D eigenvalue weighted by Crippen LogP contribution is 2.64. The summed E-state index contributed by atoms with van der Waals surface area (Å²) < 4.78 is 18.0. The SMILES string of the molecule is NCCOCCOc1ccc(C2CCC3(CC2)OOC2(O3)C3CC4CC(C3)CC2C4)cc1. The monoisotopic (exact) mass is 443 g/mol. The van der Waals surface area contributed by atoms with Crippen LogP contribution in [0.3, 0.4) is 0 Å². The lowest BCUT2D eigenvalue weighted by atomic mass is 9.53. The summed E-state index contributed by atoms with van der Waals surface area (Å²) in [6, 6.07) is 8.53. The van der Waals surface area contributed by atoms with Crippen molar-refractivity contribution in [3.63, 3.8) is 0 Å². The summed E-state index contributed by atoms with van der Waals surface area (Å²) in [4.78, 5) is 12.2. The number of ether oxygens (including phenoxy) is 3. The van der Waals surface area contributed by atoms with Gasteiger partial charge >= 0.3 is 0 Å². The van der Waals surface area contributed by atoms with Crippen LogP contribution in [-0.4, -0.2) is 37.9 Å². The van der Waals surface area contributed by atoms with Gasteiger partial charge in [-0.2, -0.15) is 9.78 Å². The first kappa shape index (κ1) is 21.4. The van der Waals surface area contributed by atoms with E-state index in [1.54, 1.807) is 0 Å². The normalized spacial score (nSPS) is 42.2. The average Bonchev–Trinajstić information content (AvgIpc) is 3.18. The molecule has 1 saturated heterocycles. The van der Waals surface area contributed by atoms with Gasteiger partial charge in [-0.3, -0.25) is 0 Å². The molecule has 6 aliphatic rings. The number of hydrogen-bond donors (Lipinski definition) is 1. The van der Waals surface area contributed by atoms with E-state index in [1.807, 2.05) is 0 Å². The molecule has 0 unspecified atom stereocenters. The van der Waals surface area contributed by atoms with Crippen LogP contribution in [0.4, 0.5) is 0 Å². The van der Waals surface area contributed by atoms with Gasteiger partial charge in [-0.25, -0.2) is 0 Å². The van der Waals surface area contributed by atoms with Crippen molar-refractivity contribution in [3.05, 3.63) is 29.8 Å². The Hall–Kier alpha value is -1.18. The predicted molar refractivity (Wildman–Crippen MR) is 119 cm³/mol. The van der Waals surface area contributed by atoms with Crippen molar-refractivity contribution in [2.45, 2.75) is 75.3 Å². The predicted octanol–water partition coefficient (Wildman–Crippen LogP) is 4.53. The first-order chi connectivity index (χ1) is 15.7. The van der Waals surface area contributed by atoms with Crippen LogP contribution in [0.5, 0.6) is 5.75 Å². The fourth-order valence-electron chi connectivity index (χ4n) is 7.43. The van der Waals surface area contributed by atoms with E-state index < -0.39 is 11.6 Å². The second-order valence-electron chi connectivity index (χ2n) is 10.8. The van der Waals surface area contributed by atoms with E-state index in [9.17, 15) is 0 Å². The number of benzene rings is 1. The first-order valence-electron chi connectivity index (χ1n) is 12.8. The topological polar surface area (TPSA) is 72.2 Å². The van der Waals surface area contributed by atoms with Crippen molar-refractivity contribution in [2.75, 3.05) is 26.4 Å². The minimum Gasteiger partial charge on any atom is -0.491 e. The fraction of sp³-hybridized carbons (Fsp3) is 0.769. The highest BCUT2D eigenvalue weighted by atomic mass is 17.3. The number of rotatable bonds is 7. The zero-order valence-electron chi connectivity index (χ0n) is 19.0. The Morgan fingerprint density at radius 2 is 1.53 bits per heavy atom. The van der Waals surface area contributed by atoms with Crippen molar-refractivity contribution in [1.29, 1.82) is 0 Å². The van der Waals surface area contributed by atoms with E-state index in [-0.39, 0.29) is 0 Å². The van der Waals surface area contributed by atoms with E-state index in [0.29, 0.717) is 44.1 Å². The zero-order valence-corrected chi connectivity index (χ0v) is 19.0. The molecular formula is C26H37NO5. The van der Waals surface area contributed by atoms with E-state index in [4.69, 9.17) is 29.7 Å². The lowest BCUT2D eigenvalue weighted by molar-refractivity contribution is -0.390. The van der Waals surface area contributed by atoms with Gasteiger partial charge in [0.05, 0.1) is 13.2 Å². The molecule has 4 bridgehead atoms. The molecule has 32 heavy (non-hydrogen) atoms. The maximum Gasteiger partial charge on any atom is 0.210 e. The lowest BCUT2D eigenvalue weighted by Crippen LogP contribution is -2.59. The molecule has 2 spiro atoms. The van der Waals surface area contributed by atoms with Gasteiger partial charge in [0, 0.05) is 31.2 Å². The maximum absolute atomic E-state index is 6.85. The van der Waals surface area contributed by atoms with Crippen LogP contribution in [0.15, 0.2) is 24.3 Å². The molecule has 0 radical (unpaired) electrons. The Morgan fingerprint density at radius 1 is 0.844 bits per heavy atom. The molecule has 0 aromatic heterocycles. The van der Waals surface area contributed by atoms with Crippen molar-refractivity contribution in [3.8, 4) is 5.75 Å². The van der Waals surface area contributed by atoms with Crippen molar-refractivity contribution < 1.29 is 24.0 Å². The van der Waals surface area contributed by atoms with Gasteiger partial charge < -0.3 is 19.9 Å². The van der Waals surface area contributed by atoms with Gasteiger partial charge in [0.15, 0.2) is 0 Å². The summed E-state index contributed by atoms with van der Waals surface area (Å²) in [7, 11) is 0. The largest absolute Gasteiger partial charge is 0.491 e. The van der Waals surface area contributed by atoms with Crippen LogP contribution in [-0.2, 0) is 19.2 Å². The first-order valence-corrected chi connectivity index (χ1v) is 12.8. The molecule has 176 valence electrons. The summed E-state index contributed by atoms with van der Waals surface area (Å²) in [5, 5.41) is 0. The highest BCUT2D eigenvalue weighted by Gasteiger charge is 2.66. The minimum absolute atomic E-state index is 0.451. The fourth-order valence-corrected chi connectivity index (χ4v) is 7.43. The standard InChI is InChI=1S/C26H37NO5/c27-9-10-28-11-12-29-24-3-1-20(2-4-24)21-5-7-25(8-6-21)30-26(32-31-25)22-14-18-13-19(16-22)17-23(26)15-18/h1-4,18-19,21-23H,5-17,27H2. The van der Waals surface area contributed by atoms with Crippen LogP contribution >= 0.6 is 0 Å². The van der Waals surface area contributed by atoms with Crippen molar-refractivity contribution in [1.82, 2.24) is 0 Å². The van der Waals surface area contributed by atoms with E-state index >= 15 is 0 Å². The summed E-state index contributed by atoms with van der Waals surface area (Å²) in [5.41, 5.74) is 6.79. The van der Waals surface area contributed by atoms with E-state index in [1.165, 1.54) is 37.7 Å². The molecule has 1 aliphatic heterocycles. The number of hydrogen-bond acceptors (Lipinski definition) is 6. The van der Waals surface area contributed by atoms with Crippen LogP contribution in [0.1, 0.15) is 69.3 Å². The van der Waals surface area contributed by atoms with Gasteiger partial charge in [-0.05, 0) is 80.4 Å². The van der Waals surface area contributed by atoms with Gasteiger partial charge in [-0.1, -0.05) is 12.1 Å². The van der Waals surface area contributed by atoms with Crippen molar-refractivity contribution >= 4 is 0 Å². The smallest absolute Gasteiger partial charge is 0.210 e. The molecule has 5 aliphatic carbocycles. The molecule has 0 amide bonds. The Kier molecular flexibility index (Phi) is 5.71. The molecular weight excluding hydrogens is 406 g/mol. The Bertz CT molecular complexity index is 760. The summed E-state index contributed by atoms with van der Waals surface area (Å²) in [5.74, 6) is 3.29. The van der Waals surface area contributed by atoms with Gasteiger partial charge in [0.1, 0.15) is 12.4 Å². The zero-order chi connectivity index (χ0) is 21.6. The third-order valence-electron chi connectivity index (χ3n) is 8.80. The quantitative estimate of drug-likeness (QED) is 0.493. The summed E-state index contributed by atoms with van der Waals surface area (Å²) in [6.07, 6.45) is 10.4. The molecule has 6 heteroatoms. The molecule has 6 fully saturated rings. The third kappa shape index (κ3) is 3.78. The molecule has 2 N–H and O–H groups in total. The molecule has 7 rings (SSSR count). The number of nitrogens with two attached hydrogens (primary N) is 1. The Morgan fingerprint density at radius 3 is 2.19 bits per heavy atom. The van der Waals surface area contributed by atoms with Crippen LogP contribution in [0.2, 0.25) is 0 Å². The second kappa shape index (κ2) is 8.55. The van der Waals surface area contributed by atoms with Crippen molar-refractivity contribution in [2.24, 2.45) is 29.4 Å². The minimum atomic E-state index is -0.529. The molecule has 6 nitrogen and oxygen atoms in total. The Balaban J connectivity index is 1.03. The highest BCUT2D eigenvalue weighted by molar-refractivity contribution is 5.30. The summed E-state index contributed by atoms with van der Waals surface area (Å²) in [6.45, 7) is 2.23. The van der Waals surface area contributed by atoms with Gasteiger partial charge in [0.25, 0.3) is 0 Å². The van der Waals surface area contributed by atoms with Crippen LogP contribution in [0.25, 0.3) is 0 Å². The molecule has 1 heterocycles. The maximum atomic E-state index is 6.85. The third-order valence-corrected chi connectivity index (χ3v) is 8.80. The average molecular weight is 444 g/mol. The molecule has 5 saturated carbocycles. The van der Waals surface area contributed by atoms with E-state index in [0.717, 1.165) is 43.3 Å². The van der Waals surface area contributed by atoms with Crippen LogP contribution in [0, 0.1) is 23.7 Å². The molecule has 1 aromatic carbocycles. The second-order valence-corrected chi connectivity index (χ2v) is 10.8. The van der Waals surface area contributed by atoms with Crippen LogP contribution < -0.4 is 10.5 Å². The molecule has 0 atom stereocenters. The summed E-state index contributed by atoms with van der Waals surface area (Å²) >= 11 is 0. The van der Waals surface area contributed by atoms with E-state index in [2.05, 4.69) is 24.3 Å². The van der Waals surface area contributed by atoms with Gasteiger partial charge in [-0.15, -0.1) is 0 Å². The van der Waals surface area contributed by atoms with Gasteiger partial charge in [0.2, 0.25) is 11.6 Å².